The summed E-state index contributed by atoms with van der Waals surface area (Å²) < 4.78 is 15.4. The van der Waals surface area contributed by atoms with Crippen LogP contribution in [0.3, 0.4) is 0 Å². The summed E-state index contributed by atoms with van der Waals surface area (Å²) in [5.74, 6) is 2.86. The van der Waals surface area contributed by atoms with Crippen molar-refractivity contribution in [3.05, 3.63) is 369 Å². The number of aromatic nitrogens is 2. The Morgan fingerprint density at radius 1 is 0.404 bits per heavy atom. The second-order valence-electron chi connectivity index (χ2n) is 30.8. The maximum atomic E-state index is 5.36. The SMILES string of the molecule is C1=Cc2c(n(-c3ccc4c(c3)sc3ccc(-c5ccc6c(c5)sc5ccc(C7N=C(c8ccccc8)N=C(c8ccc(C9C=Cc%10c(c%11ccccc%11n%10-c%10cccc%11c%10sc%10ccc(-c%12ccc%13c%14c(sc%13c%12)=CCC(C%12NC(c%13ccccc%13)=NC(c%13ccccc%13)N%12)C=%14)cc%10%11)C9)cc8)N7)cc56)cc34)c3ccccc23)CC1. The molecule has 0 radical (unpaired) electrons. The monoisotopic (exact) mass is 1530 g/mol. The molecule has 0 saturated carbocycles. The van der Waals surface area contributed by atoms with Gasteiger partial charge >= 0.3 is 0 Å². The van der Waals surface area contributed by atoms with Gasteiger partial charge in [-0.05, 0) is 160 Å². The highest BCUT2D eigenvalue weighted by Gasteiger charge is 2.32. The third kappa shape index (κ3) is 10.9. The topological polar surface area (TPSA) is 83.0 Å². The molecule has 6 aromatic heterocycles. The number of aliphatic imine (C=N–C) groups is 3. The van der Waals surface area contributed by atoms with Gasteiger partial charge in [-0.25, -0.2) is 15.0 Å². The summed E-state index contributed by atoms with van der Waals surface area (Å²) in [6, 6.07) is 108. The van der Waals surface area contributed by atoms with E-state index in [9.17, 15) is 0 Å². The number of nitrogens with one attached hydrogen (secondary N) is 3. The number of nitrogens with zero attached hydrogens (tertiary/aromatic N) is 5. The minimum Gasteiger partial charge on any atom is -0.354 e. The first-order valence-electron chi connectivity index (χ1n) is 39.4. The van der Waals surface area contributed by atoms with Gasteiger partial charge in [0.1, 0.15) is 24.0 Å². The Kier molecular flexibility index (Phi) is 15.3. The summed E-state index contributed by atoms with van der Waals surface area (Å²) >= 11 is 7.56. The van der Waals surface area contributed by atoms with Crippen molar-refractivity contribution in [3.8, 4) is 33.6 Å². The van der Waals surface area contributed by atoms with Crippen molar-refractivity contribution in [2.75, 3.05) is 0 Å². The van der Waals surface area contributed by atoms with Crippen LogP contribution >= 0.6 is 45.3 Å². The number of amidine groups is 3. The van der Waals surface area contributed by atoms with Crippen LogP contribution in [0.2, 0.25) is 0 Å². The zero-order valence-corrected chi connectivity index (χ0v) is 65.0. The van der Waals surface area contributed by atoms with Gasteiger partial charge in [-0.2, -0.15) is 0 Å². The van der Waals surface area contributed by atoms with Crippen LogP contribution in [0.25, 0.3) is 150 Å². The Balaban J connectivity index is 0.493. The van der Waals surface area contributed by atoms with Crippen molar-refractivity contribution in [2.45, 2.75) is 50.1 Å². The van der Waals surface area contributed by atoms with Gasteiger partial charge in [0.25, 0.3) is 0 Å². The molecule has 0 fully saturated rings. The molecular weight excluding hydrogens is 1470 g/mol. The molecule has 5 unspecified atom stereocenters. The molecule has 0 spiro atoms. The van der Waals surface area contributed by atoms with E-state index in [0.717, 1.165) is 65.2 Å². The van der Waals surface area contributed by atoms with Gasteiger partial charge in [0.2, 0.25) is 0 Å². The Morgan fingerprint density at radius 2 is 1.02 bits per heavy atom. The minimum absolute atomic E-state index is 0.0000316. The van der Waals surface area contributed by atoms with Crippen LogP contribution in [0.1, 0.15) is 87.0 Å². The van der Waals surface area contributed by atoms with Gasteiger partial charge in [-0.3, -0.25) is 5.32 Å². The van der Waals surface area contributed by atoms with Gasteiger partial charge in [0.15, 0.2) is 5.84 Å². The highest BCUT2D eigenvalue weighted by Crippen LogP contribution is 2.47. The molecule has 114 heavy (non-hydrogen) atoms. The van der Waals surface area contributed by atoms with Gasteiger partial charge in [0, 0.05) is 132 Å². The molecule has 2 aliphatic heterocycles. The number of hydrogen-bond acceptors (Lipinski definition) is 10. The van der Waals surface area contributed by atoms with E-state index < -0.39 is 0 Å². The average Bonchev–Trinajstić information content (AvgIpc) is 1.56. The smallest absolute Gasteiger partial charge is 0.159 e. The van der Waals surface area contributed by atoms with Gasteiger partial charge in [0.05, 0.1) is 27.6 Å². The molecular formula is C102H70N8S4. The third-order valence-electron chi connectivity index (χ3n) is 24.3. The van der Waals surface area contributed by atoms with Crippen molar-refractivity contribution in [2.24, 2.45) is 20.9 Å². The zero-order chi connectivity index (χ0) is 74.6. The number of allylic oxidation sites excluding steroid dienone is 2. The number of rotatable bonds is 11. The lowest BCUT2D eigenvalue weighted by atomic mass is 9.86. The number of fused-ring (bicyclic) bond motifs is 18. The molecule has 12 heteroatoms. The summed E-state index contributed by atoms with van der Waals surface area (Å²) in [4.78, 5) is 15.8. The summed E-state index contributed by atoms with van der Waals surface area (Å²) in [5.41, 5.74) is 21.9. The van der Waals surface area contributed by atoms with Crippen LogP contribution in [0, 0.1) is 5.92 Å². The molecule has 5 atom stereocenters. The molecule has 8 nitrogen and oxygen atoms in total. The lowest BCUT2D eigenvalue weighted by Crippen LogP contribution is -2.55. The lowest BCUT2D eigenvalue weighted by Gasteiger charge is -2.35. The molecule has 0 bridgehead atoms. The molecule has 0 saturated heterocycles. The molecule has 3 N–H and O–H groups in total. The molecule has 0 amide bonds. The van der Waals surface area contributed by atoms with E-state index in [1.165, 1.54) is 164 Å². The van der Waals surface area contributed by atoms with E-state index in [1.807, 2.05) is 45.3 Å². The minimum atomic E-state index is -0.358. The second kappa shape index (κ2) is 26.5. The molecule has 542 valence electrons. The fourth-order valence-electron chi connectivity index (χ4n) is 18.7. The second-order valence-corrected chi connectivity index (χ2v) is 35.1. The molecule has 19 aromatic rings. The van der Waals surface area contributed by atoms with E-state index in [1.54, 1.807) is 0 Å². The standard InChI is InChI=1S/C102H70N8S4/c1-4-17-60(18-5-1)97-103-98(61-19-6-2-7-20-61)106-101(105-97)69-40-49-90-81(54-69)76-44-36-68(57-94(76)112-90)66-39-48-92-83(53-66)78-26-16-30-88(96(78)114-92)110-86-29-15-12-25-74(86)79-51-64(37-46-87(79)110)59-31-33-63(34-32-59)100-104-99(62-21-8-3-9-22-62)107-102(108-100)70-41-50-91-82(55-70)75-43-35-67(56-93(75)111-91)65-38-47-89-80(52-65)77-45-42-71(58-95(77)113-89)109-84-27-13-10-23-72(84)73-24-11-14-28-85(73)109/h1-13,15-27,29-39,41-50,52-58,64,69,97,101-102,105H,14,28,40,51H2,(H,103,106)(H,104,107,108). The number of para-hydroxylation sites is 2. The first-order valence-corrected chi connectivity index (χ1v) is 42.7. The predicted octanol–water partition coefficient (Wildman–Crippen LogP) is 24.3. The number of hydrogen-bond donors (Lipinski definition) is 3. The van der Waals surface area contributed by atoms with Gasteiger partial charge in [-0.15, -0.1) is 45.3 Å². The average molecular weight is 1540 g/mol. The van der Waals surface area contributed by atoms with Crippen LogP contribution in [0.15, 0.2) is 318 Å². The first kappa shape index (κ1) is 66.0. The molecule has 8 heterocycles. The Morgan fingerprint density at radius 3 is 1.81 bits per heavy atom. The zero-order valence-electron chi connectivity index (χ0n) is 61.8. The lowest BCUT2D eigenvalue weighted by molar-refractivity contribution is 0.342. The van der Waals surface area contributed by atoms with E-state index in [-0.39, 0.29) is 30.3 Å². The largest absolute Gasteiger partial charge is 0.354 e. The summed E-state index contributed by atoms with van der Waals surface area (Å²) in [6.45, 7) is 0. The number of benzene rings is 13. The van der Waals surface area contributed by atoms with Crippen LogP contribution in [0.5, 0.6) is 0 Å². The van der Waals surface area contributed by atoms with Crippen molar-refractivity contribution < 1.29 is 0 Å². The van der Waals surface area contributed by atoms with Gasteiger partial charge < -0.3 is 19.8 Å². The molecule has 13 aromatic carbocycles. The quantitative estimate of drug-likeness (QED) is 0.121. The highest BCUT2D eigenvalue weighted by atomic mass is 32.1. The van der Waals surface area contributed by atoms with Crippen molar-refractivity contribution in [1.29, 1.82) is 0 Å². The van der Waals surface area contributed by atoms with E-state index >= 15 is 0 Å². The van der Waals surface area contributed by atoms with Crippen LogP contribution in [-0.2, 0) is 12.8 Å². The van der Waals surface area contributed by atoms with Gasteiger partial charge in [-0.1, -0.05) is 243 Å². The molecule has 24 rings (SSSR count). The fourth-order valence-corrected chi connectivity index (χ4v) is 23.3. The highest BCUT2D eigenvalue weighted by molar-refractivity contribution is 7.27. The molecule has 3 aliphatic carbocycles. The Hall–Kier alpha value is -12.7. The van der Waals surface area contributed by atoms with Crippen LogP contribution in [0.4, 0.5) is 0 Å². The van der Waals surface area contributed by atoms with Crippen LogP contribution in [-0.4, -0.2) is 32.8 Å². The van der Waals surface area contributed by atoms with E-state index in [0.29, 0.717) is 5.84 Å². The maximum absolute atomic E-state index is 5.36. The van der Waals surface area contributed by atoms with Crippen molar-refractivity contribution >= 4 is 180 Å². The summed E-state index contributed by atoms with van der Waals surface area (Å²) in [7, 11) is 0. The van der Waals surface area contributed by atoms with Crippen molar-refractivity contribution in [3.63, 3.8) is 0 Å². The van der Waals surface area contributed by atoms with Crippen LogP contribution < -0.4 is 25.7 Å². The van der Waals surface area contributed by atoms with E-state index in [2.05, 4.69) is 353 Å². The fraction of sp³-hybridized carbons (Fsp3) is 0.0882. The Labute approximate surface area is 673 Å². The Bertz CT molecular complexity index is 7550. The summed E-state index contributed by atoms with van der Waals surface area (Å²) in [6.07, 6.45) is 17.8. The summed E-state index contributed by atoms with van der Waals surface area (Å²) in [5, 5.41) is 24.5. The predicted molar refractivity (Wildman–Crippen MR) is 485 cm³/mol. The normalized spacial score (nSPS) is 17.9. The third-order valence-corrected chi connectivity index (χ3v) is 28.9. The number of thiophene rings is 4. The first-order chi connectivity index (χ1) is 56.4. The van der Waals surface area contributed by atoms with Crippen molar-refractivity contribution in [1.82, 2.24) is 25.1 Å². The van der Waals surface area contributed by atoms with E-state index in [4.69, 9.17) is 15.0 Å². The maximum Gasteiger partial charge on any atom is 0.159 e. The molecule has 5 aliphatic rings.